The van der Waals surface area contributed by atoms with Crippen molar-refractivity contribution in [3.63, 3.8) is 0 Å². The van der Waals surface area contributed by atoms with Crippen LogP contribution >= 0.6 is 34.7 Å². The van der Waals surface area contributed by atoms with Crippen molar-refractivity contribution >= 4 is 56.4 Å². The number of thiazole rings is 1. The van der Waals surface area contributed by atoms with E-state index < -0.39 is 6.29 Å². The standard InChI is InChI=1S/C24H25ClN2O3S2/c1-3-5-6-11-31-24-27-19-9-8-16(13-21(19)32-24)26-14-18-22(28)17-12-15(25)7-10-20(17)30-23(18)29-4-2/h7-10,12-14,23,26H,3-6,11H2,1-2H3. The van der Waals surface area contributed by atoms with Crippen LogP contribution in [0, 0.1) is 0 Å². The third kappa shape index (κ3) is 5.29. The largest absolute Gasteiger partial charge is 0.460 e. The van der Waals surface area contributed by atoms with Gasteiger partial charge in [0, 0.05) is 29.3 Å². The topological polar surface area (TPSA) is 60.5 Å². The van der Waals surface area contributed by atoms with Gasteiger partial charge in [0.2, 0.25) is 12.1 Å². The van der Waals surface area contributed by atoms with Gasteiger partial charge in [0.05, 0.1) is 21.4 Å². The molecule has 0 bridgehead atoms. The van der Waals surface area contributed by atoms with E-state index in [0.29, 0.717) is 28.5 Å². The van der Waals surface area contributed by atoms with Crippen LogP contribution in [-0.2, 0) is 4.74 Å². The fourth-order valence-corrected chi connectivity index (χ4v) is 5.71. The molecule has 1 unspecified atom stereocenters. The van der Waals surface area contributed by atoms with Crippen molar-refractivity contribution in [1.29, 1.82) is 0 Å². The van der Waals surface area contributed by atoms with E-state index in [4.69, 9.17) is 26.1 Å². The third-order valence-electron chi connectivity index (χ3n) is 4.99. The Morgan fingerprint density at radius 3 is 2.94 bits per heavy atom. The van der Waals surface area contributed by atoms with Crippen LogP contribution in [-0.4, -0.2) is 29.4 Å². The van der Waals surface area contributed by atoms with Crippen molar-refractivity contribution in [3.05, 3.63) is 58.8 Å². The molecule has 8 heteroatoms. The van der Waals surface area contributed by atoms with Crippen LogP contribution in [0.15, 0.2) is 52.5 Å². The number of hydrogen-bond acceptors (Lipinski definition) is 7. The monoisotopic (exact) mass is 488 g/mol. The molecule has 1 atom stereocenters. The Morgan fingerprint density at radius 2 is 2.12 bits per heavy atom. The van der Waals surface area contributed by atoms with E-state index in [9.17, 15) is 4.79 Å². The van der Waals surface area contributed by atoms with Crippen LogP contribution in [0.1, 0.15) is 43.5 Å². The number of nitrogens with zero attached hydrogens (tertiary/aromatic N) is 1. The molecule has 0 fully saturated rings. The van der Waals surface area contributed by atoms with Crippen LogP contribution in [0.2, 0.25) is 5.02 Å². The molecule has 1 N–H and O–H groups in total. The minimum atomic E-state index is -0.771. The lowest BCUT2D eigenvalue weighted by Crippen LogP contribution is -2.33. The van der Waals surface area contributed by atoms with Gasteiger partial charge < -0.3 is 14.8 Å². The molecule has 0 saturated heterocycles. The van der Waals surface area contributed by atoms with Gasteiger partial charge in [0.1, 0.15) is 5.75 Å². The second-order valence-corrected chi connectivity index (χ2v) is 10.1. The molecular weight excluding hydrogens is 464 g/mol. The summed E-state index contributed by atoms with van der Waals surface area (Å²) >= 11 is 9.59. The summed E-state index contributed by atoms with van der Waals surface area (Å²) in [5.74, 6) is 1.41. The summed E-state index contributed by atoms with van der Waals surface area (Å²) < 4.78 is 13.8. The van der Waals surface area contributed by atoms with Crippen LogP contribution in [0.4, 0.5) is 5.69 Å². The molecule has 1 aromatic heterocycles. The summed E-state index contributed by atoms with van der Waals surface area (Å²) in [5.41, 5.74) is 2.69. The van der Waals surface area contributed by atoms with Gasteiger partial charge in [-0.15, -0.1) is 11.3 Å². The van der Waals surface area contributed by atoms with Gasteiger partial charge >= 0.3 is 0 Å². The Morgan fingerprint density at radius 1 is 1.25 bits per heavy atom. The highest BCUT2D eigenvalue weighted by atomic mass is 35.5. The Kier molecular flexibility index (Phi) is 7.73. The van der Waals surface area contributed by atoms with Crippen molar-refractivity contribution in [2.75, 3.05) is 17.7 Å². The zero-order chi connectivity index (χ0) is 22.5. The molecule has 4 rings (SSSR count). The Balaban J connectivity index is 1.53. The first kappa shape index (κ1) is 23.1. The lowest BCUT2D eigenvalue weighted by molar-refractivity contribution is -0.0509. The molecule has 32 heavy (non-hydrogen) atoms. The molecule has 3 aromatic rings. The first-order chi connectivity index (χ1) is 15.6. The summed E-state index contributed by atoms with van der Waals surface area (Å²) in [5, 5.41) is 3.72. The van der Waals surface area contributed by atoms with Gasteiger partial charge in [-0.2, -0.15) is 0 Å². The maximum atomic E-state index is 13.1. The number of nitrogens with one attached hydrogen (secondary N) is 1. The summed E-state index contributed by atoms with van der Waals surface area (Å²) in [6, 6.07) is 11.0. The number of aromatic nitrogens is 1. The second-order valence-electron chi connectivity index (χ2n) is 7.34. The van der Waals surface area contributed by atoms with Gasteiger partial charge in [-0.05, 0) is 49.7 Å². The summed E-state index contributed by atoms with van der Waals surface area (Å²) in [4.78, 5) is 17.8. The number of halogens is 1. The summed E-state index contributed by atoms with van der Waals surface area (Å²) in [7, 11) is 0. The molecular formula is C24H25ClN2O3S2. The Hall–Kier alpha value is -2.06. The molecule has 0 spiro atoms. The predicted octanol–water partition coefficient (Wildman–Crippen LogP) is 7.17. The molecule has 0 saturated carbocycles. The molecule has 2 heterocycles. The number of carbonyl (C=O) groups excluding carboxylic acids is 1. The Bertz CT molecular complexity index is 1150. The van der Waals surface area contributed by atoms with E-state index >= 15 is 0 Å². The van der Waals surface area contributed by atoms with E-state index in [1.807, 2.05) is 30.8 Å². The highest BCUT2D eigenvalue weighted by molar-refractivity contribution is 8.01. The number of rotatable bonds is 9. The number of Topliss-reactive ketones (excluding diaryl/α,β-unsaturated/α-hetero) is 1. The van der Waals surface area contributed by atoms with Crippen molar-refractivity contribution in [2.45, 2.75) is 43.7 Å². The average molecular weight is 489 g/mol. The minimum Gasteiger partial charge on any atom is -0.460 e. The third-order valence-corrected chi connectivity index (χ3v) is 7.47. The van der Waals surface area contributed by atoms with E-state index in [1.54, 1.807) is 35.7 Å². The molecule has 1 aliphatic heterocycles. The normalized spacial score (nSPS) is 16.9. The van der Waals surface area contributed by atoms with Gasteiger partial charge in [-0.25, -0.2) is 4.98 Å². The first-order valence-corrected chi connectivity index (χ1v) is 12.9. The molecule has 0 aliphatic carbocycles. The van der Waals surface area contributed by atoms with E-state index in [0.717, 1.165) is 26.0 Å². The fraction of sp³-hybridized carbons (Fsp3) is 0.333. The summed E-state index contributed by atoms with van der Waals surface area (Å²) in [6.45, 7) is 4.50. The highest BCUT2D eigenvalue weighted by Gasteiger charge is 2.32. The van der Waals surface area contributed by atoms with Crippen LogP contribution < -0.4 is 10.1 Å². The number of fused-ring (bicyclic) bond motifs is 2. The lowest BCUT2D eigenvalue weighted by Gasteiger charge is -2.27. The highest BCUT2D eigenvalue weighted by Crippen LogP contribution is 2.34. The van der Waals surface area contributed by atoms with Crippen molar-refractivity contribution in [2.24, 2.45) is 0 Å². The second kappa shape index (κ2) is 10.7. The number of hydrogen-bond donors (Lipinski definition) is 1. The smallest absolute Gasteiger partial charge is 0.232 e. The zero-order valence-electron chi connectivity index (χ0n) is 18.0. The fourth-order valence-electron chi connectivity index (χ4n) is 3.36. The maximum Gasteiger partial charge on any atom is 0.232 e. The van der Waals surface area contributed by atoms with Gasteiger partial charge in [-0.3, -0.25) is 4.79 Å². The molecule has 168 valence electrons. The SMILES string of the molecule is CCCCCSc1nc2ccc(NC=C3C(=O)c4cc(Cl)ccc4OC3OCC)cc2s1. The predicted molar refractivity (Wildman–Crippen MR) is 133 cm³/mol. The van der Waals surface area contributed by atoms with E-state index in [-0.39, 0.29) is 5.78 Å². The molecule has 0 radical (unpaired) electrons. The lowest BCUT2D eigenvalue weighted by atomic mass is 10.00. The quantitative estimate of drug-likeness (QED) is 0.196. The van der Waals surface area contributed by atoms with Crippen molar-refractivity contribution in [1.82, 2.24) is 4.98 Å². The van der Waals surface area contributed by atoms with Gasteiger partial charge in [-0.1, -0.05) is 43.1 Å². The number of thioether (sulfide) groups is 1. The first-order valence-electron chi connectivity index (χ1n) is 10.7. The Labute approximate surface area is 201 Å². The van der Waals surface area contributed by atoms with Crippen LogP contribution in [0.5, 0.6) is 5.75 Å². The van der Waals surface area contributed by atoms with Crippen molar-refractivity contribution < 1.29 is 14.3 Å². The van der Waals surface area contributed by atoms with Gasteiger partial charge in [0.15, 0.2) is 4.34 Å². The number of ketones is 1. The molecule has 1 aliphatic rings. The number of unbranched alkanes of at least 4 members (excludes halogenated alkanes) is 2. The minimum absolute atomic E-state index is 0.163. The number of benzene rings is 2. The molecule has 0 amide bonds. The van der Waals surface area contributed by atoms with E-state index in [2.05, 4.69) is 18.3 Å². The number of ether oxygens (including phenoxy) is 2. The van der Waals surface area contributed by atoms with E-state index in [1.165, 1.54) is 19.3 Å². The number of carbonyl (C=O) groups is 1. The zero-order valence-corrected chi connectivity index (χ0v) is 20.4. The van der Waals surface area contributed by atoms with Crippen LogP contribution in [0.3, 0.4) is 0 Å². The average Bonchev–Trinajstić information content (AvgIpc) is 3.19. The van der Waals surface area contributed by atoms with Crippen LogP contribution in [0.25, 0.3) is 10.2 Å². The molecule has 2 aromatic carbocycles. The number of anilines is 1. The van der Waals surface area contributed by atoms with Crippen molar-refractivity contribution in [3.8, 4) is 5.75 Å². The maximum absolute atomic E-state index is 13.1. The molecule has 5 nitrogen and oxygen atoms in total. The van der Waals surface area contributed by atoms with Gasteiger partial charge in [0.25, 0.3) is 0 Å². The summed E-state index contributed by atoms with van der Waals surface area (Å²) in [6.07, 6.45) is 4.58.